The molecule has 0 bridgehead atoms. The average Bonchev–Trinajstić information content (AvgIpc) is 2.54. The summed E-state index contributed by atoms with van der Waals surface area (Å²) >= 11 is 1.90. The molecule has 1 aromatic heterocycles. The lowest BCUT2D eigenvalue weighted by atomic mass is 9.81. The molecule has 0 aliphatic carbocycles. The molecule has 0 unspecified atom stereocenters. The summed E-state index contributed by atoms with van der Waals surface area (Å²) in [6.45, 7) is 4.55. The van der Waals surface area contributed by atoms with Crippen LogP contribution >= 0.6 is 11.8 Å². The van der Waals surface area contributed by atoms with Crippen LogP contribution in [0.2, 0.25) is 0 Å². The summed E-state index contributed by atoms with van der Waals surface area (Å²) in [7, 11) is 0. The van der Waals surface area contributed by atoms with E-state index in [1.165, 1.54) is 22.9 Å². The molecule has 122 valence electrons. The number of carbonyl (C=O) groups is 1. The van der Waals surface area contributed by atoms with E-state index >= 15 is 0 Å². The molecule has 0 atom stereocenters. The number of carboxylic acids is 1. The van der Waals surface area contributed by atoms with Gasteiger partial charge in [0.25, 0.3) is 0 Å². The van der Waals surface area contributed by atoms with Gasteiger partial charge < -0.3 is 5.11 Å². The van der Waals surface area contributed by atoms with Gasteiger partial charge in [0.15, 0.2) is 0 Å². The zero-order valence-electron chi connectivity index (χ0n) is 13.7. The molecule has 0 saturated heterocycles. The van der Waals surface area contributed by atoms with Crippen molar-refractivity contribution >= 4 is 17.7 Å². The fourth-order valence-corrected chi connectivity index (χ4v) is 4.10. The molecule has 3 rings (SSSR count). The molecule has 2 aromatic rings. The minimum absolute atomic E-state index is 0.127. The van der Waals surface area contributed by atoms with Crippen LogP contribution in [-0.2, 0) is 16.6 Å². The highest BCUT2D eigenvalue weighted by atomic mass is 32.2. The molecule has 0 radical (unpaired) electrons. The van der Waals surface area contributed by atoms with E-state index in [2.05, 4.69) is 47.8 Å². The van der Waals surface area contributed by atoms with Gasteiger partial charge in [-0.05, 0) is 47.3 Å². The Hall–Kier alpha value is -2.32. The van der Waals surface area contributed by atoms with Crippen molar-refractivity contribution in [1.82, 2.24) is 9.97 Å². The summed E-state index contributed by atoms with van der Waals surface area (Å²) < 4.78 is 0. The maximum atomic E-state index is 10.6. The van der Waals surface area contributed by atoms with Crippen LogP contribution in [0.1, 0.15) is 42.8 Å². The lowest BCUT2D eigenvalue weighted by Gasteiger charge is -2.32. The number of thioether (sulfide) groups is 1. The molecule has 5 heteroatoms. The van der Waals surface area contributed by atoms with Crippen LogP contribution in [0, 0.1) is 11.8 Å². The lowest BCUT2D eigenvalue weighted by Crippen LogP contribution is -2.22. The Labute approximate surface area is 145 Å². The largest absolute Gasteiger partial charge is 0.481 e. The molecule has 0 spiro atoms. The summed E-state index contributed by atoms with van der Waals surface area (Å²) in [5, 5.41) is 8.73. The molecule has 0 saturated carbocycles. The molecule has 2 heterocycles. The predicted octanol–water partition coefficient (Wildman–Crippen LogP) is 3.28. The van der Waals surface area contributed by atoms with Gasteiger partial charge in [-0.25, -0.2) is 4.98 Å². The number of nitrogens with zero attached hydrogens (tertiary/aromatic N) is 2. The number of hydrogen-bond acceptors (Lipinski definition) is 4. The van der Waals surface area contributed by atoms with Crippen LogP contribution in [0.15, 0.2) is 35.5 Å². The van der Waals surface area contributed by atoms with E-state index in [1.54, 1.807) is 0 Å². The third kappa shape index (κ3) is 3.77. The maximum Gasteiger partial charge on any atom is 0.309 e. The molecule has 0 fully saturated rings. The van der Waals surface area contributed by atoms with Crippen molar-refractivity contribution in [2.24, 2.45) is 0 Å². The number of aromatic nitrogens is 2. The topological polar surface area (TPSA) is 63.1 Å². The molecule has 24 heavy (non-hydrogen) atoms. The second kappa shape index (κ2) is 6.66. The van der Waals surface area contributed by atoms with E-state index in [-0.39, 0.29) is 11.8 Å². The first kappa shape index (κ1) is 16.5. The van der Waals surface area contributed by atoms with Gasteiger partial charge in [-0.1, -0.05) is 19.8 Å². The highest BCUT2D eigenvalue weighted by Crippen LogP contribution is 2.41. The first-order valence-electron chi connectivity index (χ1n) is 7.76. The fourth-order valence-electron chi connectivity index (χ4n) is 2.62. The molecule has 1 aliphatic heterocycles. The number of rotatable bonds is 2. The van der Waals surface area contributed by atoms with Gasteiger partial charge in [-0.15, -0.1) is 11.8 Å². The van der Waals surface area contributed by atoms with E-state index < -0.39 is 5.97 Å². The molecule has 1 aliphatic rings. The monoisotopic (exact) mass is 338 g/mol. The Bertz CT molecular complexity index is 833. The van der Waals surface area contributed by atoms with Crippen LogP contribution in [-0.4, -0.2) is 26.8 Å². The maximum absolute atomic E-state index is 10.6. The van der Waals surface area contributed by atoms with E-state index in [0.717, 1.165) is 17.7 Å². The van der Waals surface area contributed by atoms with Gasteiger partial charge in [0.05, 0.1) is 24.5 Å². The zero-order valence-corrected chi connectivity index (χ0v) is 14.5. The Balaban J connectivity index is 1.82. The van der Waals surface area contributed by atoms with Gasteiger partial charge >= 0.3 is 5.97 Å². The second-order valence-electron chi connectivity index (χ2n) is 6.41. The van der Waals surface area contributed by atoms with Crippen molar-refractivity contribution in [1.29, 1.82) is 0 Å². The van der Waals surface area contributed by atoms with E-state index in [9.17, 15) is 4.79 Å². The Morgan fingerprint density at radius 1 is 1.29 bits per heavy atom. The summed E-state index contributed by atoms with van der Waals surface area (Å²) in [6, 6.07) is 6.35. The van der Waals surface area contributed by atoms with Crippen molar-refractivity contribution in [3.63, 3.8) is 0 Å². The van der Waals surface area contributed by atoms with Gasteiger partial charge in [-0.3, -0.25) is 9.78 Å². The highest BCUT2D eigenvalue weighted by Gasteiger charge is 2.27. The molecule has 1 aromatic carbocycles. The third-order valence-electron chi connectivity index (χ3n) is 4.07. The molecular weight excluding hydrogens is 320 g/mol. The van der Waals surface area contributed by atoms with Crippen molar-refractivity contribution < 1.29 is 9.90 Å². The van der Waals surface area contributed by atoms with Crippen LogP contribution in [0.5, 0.6) is 0 Å². The molecular formula is C19H18N2O2S. The standard InChI is InChI=1S/C19H18N2O2S/c1-19(2)7-8-24-17-6-4-13(9-16(17)19)3-5-14-11-21-15(12-20-14)10-18(22)23/h4,6,9,11-12H,7-8,10H2,1-2H3,(H,22,23). The van der Waals surface area contributed by atoms with Gasteiger partial charge in [0.2, 0.25) is 0 Å². The van der Waals surface area contributed by atoms with Crippen LogP contribution in [0.25, 0.3) is 0 Å². The Morgan fingerprint density at radius 3 is 2.83 bits per heavy atom. The smallest absolute Gasteiger partial charge is 0.309 e. The molecule has 0 amide bonds. The first-order chi connectivity index (χ1) is 11.4. The van der Waals surface area contributed by atoms with E-state index in [0.29, 0.717) is 11.4 Å². The SMILES string of the molecule is CC1(C)CCSc2ccc(C#Cc3cnc(CC(=O)O)cn3)cc21. The average molecular weight is 338 g/mol. The van der Waals surface area contributed by atoms with Gasteiger partial charge in [0, 0.05) is 10.5 Å². The van der Waals surface area contributed by atoms with E-state index in [4.69, 9.17) is 5.11 Å². The Morgan fingerprint density at radius 2 is 2.12 bits per heavy atom. The highest BCUT2D eigenvalue weighted by molar-refractivity contribution is 7.99. The van der Waals surface area contributed by atoms with Crippen LogP contribution in [0.4, 0.5) is 0 Å². The third-order valence-corrected chi connectivity index (χ3v) is 5.14. The summed E-state index contributed by atoms with van der Waals surface area (Å²) in [5.74, 6) is 6.37. The first-order valence-corrected chi connectivity index (χ1v) is 8.75. The van der Waals surface area contributed by atoms with E-state index in [1.807, 2.05) is 17.8 Å². The second-order valence-corrected chi connectivity index (χ2v) is 7.54. The van der Waals surface area contributed by atoms with Gasteiger partial charge in [-0.2, -0.15) is 0 Å². The number of fused-ring (bicyclic) bond motifs is 1. The number of aliphatic carboxylic acids is 1. The van der Waals surface area contributed by atoms with Gasteiger partial charge in [0.1, 0.15) is 5.69 Å². The zero-order chi connectivity index (χ0) is 17.2. The molecule has 1 N–H and O–H groups in total. The fraction of sp³-hybridized carbons (Fsp3) is 0.316. The summed E-state index contributed by atoms with van der Waals surface area (Å²) in [4.78, 5) is 20.2. The van der Waals surface area contributed by atoms with Crippen molar-refractivity contribution in [2.45, 2.75) is 37.0 Å². The lowest BCUT2D eigenvalue weighted by molar-refractivity contribution is -0.136. The van der Waals surface area contributed by atoms with Crippen LogP contribution < -0.4 is 0 Å². The normalized spacial score (nSPS) is 15.1. The summed E-state index contributed by atoms with van der Waals surface area (Å²) in [6.07, 6.45) is 4.02. The minimum Gasteiger partial charge on any atom is -0.481 e. The summed E-state index contributed by atoms with van der Waals surface area (Å²) in [5.41, 5.74) is 3.46. The number of hydrogen-bond donors (Lipinski definition) is 1. The Kier molecular flexibility index (Phi) is 4.59. The predicted molar refractivity (Wildman–Crippen MR) is 94.2 cm³/mol. The van der Waals surface area contributed by atoms with Crippen molar-refractivity contribution in [2.75, 3.05) is 5.75 Å². The minimum atomic E-state index is -0.919. The number of carboxylic acid groups (broad SMARTS) is 1. The van der Waals surface area contributed by atoms with Crippen molar-refractivity contribution in [3.05, 3.63) is 53.1 Å². The van der Waals surface area contributed by atoms with Crippen molar-refractivity contribution in [3.8, 4) is 11.8 Å². The van der Waals surface area contributed by atoms with Crippen LogP contribution in [0.3, 0.4) is 0 Å². The molecule has 4 nitrogen and oxygen atoms in total. The quantitative estimate of drug-likeness (QED) is 0.852. The number of benzene rings is 1.